The molecule has 0 N–H and O–H groups in total. The molecule has 3 heterocycles. The van der Waals surface area contributed by atoms with Crippen LogP contribution in [0.25, 0.3) is 10.9 Å². The highest BCUT2D eigenvalue weighted by molar-refractivity contribution is 5.97. The quantitative estimate of drug-likeness (QED) is 0.718. The van der Waals surface area contributed by atoms with E-state index in [-0.39, 0.29) is 11.5 Å². The summed E-state index contributed by atoms with van der Waals surface area (Å²) in [5.41, 5.74) is 2.28. The van der Waals surface area contributed by atoms with Gasteiger partial charge in [0.15, 0.2) is 0 Å². The molecular weight excluding hydrogens is 340 g/mol. The van der Waals surface area contributed by atoms with Gasteiger partial charge in [0, 0.05) is 48.5 Å². The third kappa shape index (κ3) is 3.60. The normalized spacial score (nSPS) is 15.2. The second-order valence-electron chi connectivity index (χ2n) is 7.18. The molecule has 1 amide bonds. The van der Waals surface area contributed by atoms with Gasteiger partial charge in [-0.1, -0.05) is 6.07 Å². The van der Waals surface area contributed by atoms with Crippen LogP contribution in [0.15, 0.2) is 53.8 Å². The Kier molecular flexibility index (Phi) is 4.71. The standard InChI is InChI=1S/C21H22N4O2/c1-15-12-22-14-25(20(15)26)13-16-6-9-24(10-7-16)21(27)18-4-5-19-17(11-18)3-2-8-23-19/h2-5,8,11-12,14,16H,6-7,9-10,13H2,1H3. The Morgan fingerprint density at radius 3 is 2.85 bits per heavy atom. The van der Waals surface area contributed by atoms with Gasteiger partial charge >= 0.3 is 0 Å². The third-order valence-corrected chi connectivity index (χ3v) is 5.28. The number of carbonyl (C=O) groups excluding carboxylic acids is 1. The molecule has 1 fully saturated rings. The lowest BCUT2D eigenvalue weighted by Crippen LogP contribution is -2.40. The van der Waals surface area contributed by atoms with E-state index in [4.69, 9.17) is 0 Å². The lowest BCUT2D eigenvalue weighted by Gasteiger charge is -2.32. The lowest BCUT2D eigenvalue weighted by atomic mass is 9.96. The molecule has 0 aliphatic carbocycles. The highest BCUT2D eigenvalue weighted by Crippen LogP contribution is 2.21. The zero-order chi connectivity index (χ0) is 18.8. The molecule has 2 aromatic heterocycles. The van der Waals surface area contributed by atoms with Gasteiger partial charge in [-0.25, -0.2) is 4.98 Å². The average molecular weight is 362 g/mol. The van der Waals surface area contributed by atoms with Gasteiger partial charge in [0.05, 0.1) is 11.8 Å². The second kappa shape index (κ2) is 7.31. The first kappa shape index (κ1) is 17.4. The van der Waals surface area contributed by atoms with Crippen LogP contribution < -0.4 is 5.56 Å². The summed E-state index contributed by atoms with van der Waals surface area (Å²) in [6.45, 7) is 3.87. The van der Waals surface area contributed by atoms with Gasteiger partial charge in [-0.05, 0) is 49.9 Å². The Hall–Kier alpha value is -3.02. The van der Waals surface area contributed by atoms with Gasteiger partial charge < -0.3 is 4.90 Å². The number of amides is 1. The van der Waals surface area contributed by atoms with Gasteiger partial charge in [0.2, 0.25) is 0 Å². The molecule has 0 bridgehead atoms. The fourth-order valence-electron chi connectivity index (χ4n) is 3.68. The molecule has 0 radical (unpaired) electrons. The number of rotatable bonds is 3. The molecule has 4 rings (SSSR count). The minimum absolute atomic E-state index is 0.0216. The molecule has 0 saturated carbocycles. The average Bonchev–Trinajstić information content (AvgIpc) is 2.71. The number of piperidine rings is 1. The zero-order valence-electron chi connectivity index (χ0n) is 15.3. The zero-order valence-corrected chi connectivity index (χ0v) is 15.3. The van der Waals surface area contributed by atoms with Crippen LogP contribution >= 0.6 is 0 Å². The van der Waals surface area contributed by atoms with Crippen LogP contribution in [0.3, 0.4) is 0 Å². The summed E-state index contributed by atoms with van der Waals surface area (Å²) >= 11 is 0. The summed E-state index contributed by atoms with van der Waals surface area (Å²) in [5.74, 6) is 0.449. The third-order valence-electron chi connectivity index (χ3n) is 5.28. The van der Waals surface area contributed by atoms with E-state index >= 15 is 0 Å². The summed E-state index contributed by atoms with van der Waals surface area (Å²) in [7, 11) is 0. The second-order valence-corrected chi connectivity index (χ2v) is 7.18. The maximum Gasteiger partial charge on any atom is 0.256 e. The van der Waals surface area contributed by atoms with Gasteiger partial charge in [0.1, 0.15) is 0 Å². The summed E-state index contributed by atoms with van der Waals surface area (Å²) < 4.78 is 1.69. The Labute approximate surface area is 157 Å². The van der Waals surface area contributed by atoms with Crippen molar-refractivity contribution in [1.82, 2.24) is 19.4 Å². The maximum absolute atomic E-state index is 12.8. The van der Waals surface area contributed by atoms with Crippen molar-refractivity contribution in [3.05, 3.63) is 70.5 Å². The first-order valence-corrected chi connectivity index (χ1v) is 9.27. The van der Waals surface area contributed by atoms with E-state index in [0.29, 0.717) is 36.7 Å². The van der Waals surface area contributed by atoms with Crippen molar-refractivity contribution >= 4 is 16.8 Å². The van der Waals surface area contributed by atoms with Gasteiger partial charge in [-0.15, -0.1) is 0 Å². The first-order chi connectivity index (χ1) is 13.1. The van der Waals surface area contributed by atoms with E-state index < -0.39 is 0 Å². The van der Waals surface area contributed by atoms with E-state index in [1.54, 1.807) is 30.2 Å². The molecule has 0 unspecified atom stereocenters. The van der Waals surface area contributed by atoms with Crippen LogP contribution in [0.1, 0.15) is 28.8 Å². The number of carbonyl (C=O) groups is 1. The van der Waals surface area contributed by atoms with Gasteiger partial charge in [-0.2, -0.15) is 0 Å². The fourth-order valence-corrected chi connectivity index (χ4v) is 3.68. The van der Waals surface area contributed by atoms with Gasteiger partial charge in [0.25, 0.3) is 11.5 Å². The highest BCUT2D eigenvalue weighted by atomic mass is 16.2. The molecule has 6 nitrogen and oxygen atoms in total. The molecular formula is C21H22N4O2. The molecule has 1 aromatic carbocycles. The molecule has 1 aliphatic rings. The summed E-state index contributed by atoms with van der Waals surface area (Å²) in [5, 5.41) is 0.976. The number of fused-ring (bicyclic) bond motifs is 1. The SMILES string of the molecule is Cc1cncn(CC2CCN(C(=O)c3ccc4ncccc4c3)CC2)c1=O. The first-order valence-electron chi connectivity index (χ1n) is 9.27. The molecule has 27 heavy (non-hydrogen) atoms. The molecule has 1 saturated heterocycles. The summed E-state index contributed by atoms with van der Waals surface area (Å²) in [6.07, 6.45) is 6.74. The predicted octanol–water partition coefficient (Wildman–Crippen LogP) is 2.65. The smallest absolute Gasteiger partial charge is 0.256 e. The van der Waals surface area contributed by atoms with E-state index in [2.05, 4.69) is 9.97 Å². The van der Waals surface area contributed by atoms with Crippen LogP contribution in [-0.2, 0) is 6.54 Å². The van der Waals surface area contributed by atoms with Crippen LogP contribution in [-0.4, -0.2) is 38.4 Å². The van der Waals surface area contributed by atoms with Gasteiger partial charge in [-0.3, -0.25) is 19.1 Å². The lowest BCUT2D eigenvalue weighted by molar-refractivity contribution is 0.0682. The van der Waals surface area contributed by atoms with Crippen LogP contribution in [0, 0.1) is 12.8 Å². The number of benzene rings is 1. The summed E-state index contributed by atoms with van der Waals surface area (Å²) in [6, 6.07) is 9.51. The highest BCUT2D eigenvalue weighted by Gasteiger charge is 2.24. The van der Waals surface area contributed by atoms with E-state index in [1.807, 2.05) is 35.2 Å². The van der Waals surface area contributed by atoms with Crippen molar-refractivity contribution < 1.29 is 4.79 Å². The van der Waals surface area contributed by atoms with Crippen molar-refractivity contribution in [2.75, 3.05) is 13.1 Å². The maximum atomic E-state index is 12.8. The molecule has 1 aliphatic heterocycles. The number of hydrogen-bond donors (Lipinski definition) is 0. The number of aromatic nitrogens is 3. The predicted molar refractivity (Wildman–Crippen MR) is 104 cm³/mol. The fraction of sp³-hybridized carbons (Fsp3) is 0.333. The largest absolute Gasteiger partial charge is 0.339 e. The van der Waals surface area contributed by atoms with Crippen LogP contribution in [0.2, 0.25) is 0 Å². The van der Waals surface area contributed by atoms with E-state index in [0.717, 1.165) is 23.7 Å². The van der Waals surface area contributed by atoms with E-state index in [9.17, 15) is 9.59 Å². The summed E-state index contributed by atoms with van der Waals surface area (Å²) in [4.78, 5) is 35.3. The molecule has 0 spiro atoms. The number of aryl methyl sites for hydroxylation is 1. The molecule has 0 atom stereocenters. The minimum Gasteiger partial charge on any atom is -0.339 e. The molecule has 6 heteroatoms. The monoisotopic (exact) mass is 362 g/mol. The Morgan fingerprint density at radius 1 is 1.22 bits per heavy atom. The van der Waals surface area contributed by atoms with Crippen LogP contribution in [0.5, 0.6) is 0 Å². The Morgan fingerprint density at radius 2 is 2.04 bits per heavy atom. The minimum atomic E-state index is 0.0216. The number of nitrogens with zero attached hydrogens (tertiary/aromatic N) is 4. The topological polar surface area (TPSA) is 68.1 Å². The number of hydrogen-bond acceptors (Lipinski definition) is 4. The molecule has 3 aromatic rings. The van der Waals surface area contributed by atoms with Crippen molar-refractivity contribution in [3.63, 3.8) is 0 Å². The number of likely N-dealkylation sites (tertiary alicyclic amines) is 1. The van der Waals surface area contributed by atoms with E-state index in [1.165, 1.54) is 0 Å². The van der Waals surface area contributed by atoms with Crippen molar-refractivity contribution in [2.24, 2.45) is 5.92 Å². The Bertz CT molecular complexity index is 1040. The number of pyridine rings is 1. The Balaban J connectivity index is 1.41. The van der Waals surface area contributed by atoms with Crippen molar-refractivity contribution in [1.29, 1.82) is 0 Å². The van der Waals surface area contributed by atoms with Crippen LogP contribution in [0.4, 0.5) is 0 Å². The van der Waals surface area contributed by atoms with Crippen molar-refractivity contribution in [2.45, 2.75) is 26.3 Å². The molecule has 138 valence electrons. The van der Waals surface area contributed by atoms with Crippen molar-refractivity contribution in [3.8, 4) is 0 Å².